The highest BCUT2D eigenvalue weighted by atomic mass is 16.5. The molecule has 0 unspecified atom stereocenters. The minimum atomic E-state index is -0.556. The number of para-hydroxylation sites is 1. The van der Waals surface area contributed by atoms with Gasteiger partial charge in [0.15, 0.2) is 0 Å². The van der Waals surface area contributed by atoms with Crippen LogP contribution in [0.2, 0.25) is 0 Å². The summed E-state index contributed by atoms with van der Waals surface area (Å²) in [5.74, 6) is -0.841. The van der Waals surface area contributed by atoms with Gasteiger partial charge in [0.25, 0.3) is 5.91 Å². The highest BCUT2D eigenvalue weighted by Gasteiger charge is 2.16. The van der Waals surface area contributed by atoms with Gasteiger partial charge in [-0.15, -0.1) is 0 Å². The van der Waals surface area contributed by atoms with Gasteiger partial charge >= 0.3 is 5.97 Å². The Morgan fingerprint density at radius 3 is 2.62 bits per heavy atom. The Morgan fingerprint density at radius 1 is 1.07 bits per heavy atom. The molecule has 0 atom stereocenters. The molecule has 0 aliphatic carbocycles. The molecule has 29 heavy (non-hydrogen) atoms. The lowest BCUT2D eigenvalue weighted by atomic mass is 10.1. The number of anilines is 3. The maximum atomic E-state index is 12.7. The molecular weight excluding hydrogens is 370 g/mol. The van der Waals surface area contributed by atoms with Crippen LogP contribution >= 0.6 is 0 Å². The van der Waals surface area contributed by atoms with Crippen LogP contribution < -0.4 is 10.6 Å². The van der Waals surface area contributed by atoms with Crippen molar-refractivity contribution >= 4 is 29.2 Å². The lowest BCUT2D eigenvalue weighted by molar-refractivity contribution is 0.0602. The highest BCUT2D eigenvalue weighted by molar-refractivity contribution is 6.07. The number of esters is 1. The van der Waals surface area contributed by atoms with Crippen molar-refractivity contribution in [3.05, 3.63) is 77.1 Å². The molecule has 0 radical (unpaired) electrons. The van der Waals surface area contributed by atoms with Crippen LogP contribution in [0, 0.1) is 18.3 Å². The van der Waals surface area contributed by atoms with E-state index in [4.69, 9.17) is 10.00 Å². The number of benzene rings is 2. The van der Waals surface area contributed by atoms with Gasteiger partial charge in [0, 0.05) is 11.4 Å². The van der Waals surface area contributed by atoms with Gasteiger partial charge in [0.2, 0.25) is 5.95 Å². The summed E-state index contributed by atoms with van der Waals surface area (Å²) < 4.78 is 4.74. The SMILES string of the molecule is COC(=O)c1ccccc1NC(=O)c1cc(C)nc(Nc2cccc(C#N)c2)n1. The normalized spacial score (nSPS) is 9.97. The Kier molecular flexibility index (Phi) is 5.80. The summed E-state index contributed by atoms with van der Waals surface area (Å²) in [5, 5.41) is 14.7. The van der Waals surface area contributed by atoms with Gasteiger partial charge < -0.3 is 15.4 Å². The second-order valence-corrected chi connectivity index (χ2v) is 6.03. The minimum Gasteiger partial charge on any atom is -0.465 e. The predicted octanol–water partition coefficient (Wildman–Crippen LogP) is 3.44. The topological polar surface area (TPSA) is 117 Å². The third-order valence-corrected chi connectivity index (χ3v) is 3.92. The average molecular weight is 387 g/mol. The second-order valence-electron chi connectivity index (χ2n) is 6.03. The Hall–Kier alpha value is -4.25. The molecule has 3 rings (SSSR count). The molecule has 8 heteroatoms. The van der Waals surface area contributed by atoms with Gasteiger partial charge in [-0.1, -0.05) is 18.2 Å². The van der Waals surface area contributed by atoms with Gasteiger partial charge in [0.05, 0.1) is 30.0 Å². The summed E-state index contributed by atoms with van der Waals surface area (Å²) >= 11 is 0. The maximum Gasteiger partial charge on any atom is 0.339 e. The van der Waals surface area contributed by atoms with Crippen LogP contribution in [0.15, 0.2) is 54.6 Å². The van der Waals surface area contributed by atoms with Crippen LogP contribution in [0.1, 0.15) is 32.1 Å². The molecule has 0 saturated heterocycles. The Balaban J connectivity index is 1.85. The fourth-order valence-corrected chi connectivity index (χ4v) is 2.60. The minimum absolute atomic E-state index is 0.121. The van der Waals surface area contributed by atoms with Crippen LogP contribution in [0.3, 0.4) is 0 Å². The molecule has 1 heterocycles. The number of hydrogen-bond donors (Lipinski definition) is 2. The number of methoxy groups -OCH3 is 1. The van der Waals surface area contributed by atoms with Gasteiger partial charge in [-0.25, -0.2) is 14.8 Å². The van der Waals surface area contributed by atoms with Crippen molar-refractivity contribution < 1.29 is 14.3 Å². The number of carbonyl (C=O) groups excluding carboxylic acids is 2. The molecule has 2 aromatic carbocycles. The summed E-state index contributed by atoms with van der Waals surface area (Å²) in [4.78, 5) is 33.1. The van der Waals surface area contributed by atoms with Gasteiger partial charge in [-0.3, -0.25) is 4.79 Å². The number of nitrogens with zero attached hydrogens (tertiary/aromatic N) is 3. The lowest BCUT2D eigenvalue weighted by Crippen LogP contribution is -2.17. The molecular formula is C21H17N5O3. The molecule has 1 aromatic heterocycles. The molecule has 8 nitrogen and oxygen atoms in total. The van der Waals surface area contributed by atoms with Crippen LogP contribution in [0.25, 0.3) is 0 Å². The number of nitrogens with one attached hydrogen (secondary N) is 2. The predicted molar refractivity (Wildman–Crippen MR) is 107 cm³/mol. The molecule has 1 amide bonds. The summed E-state index contributed by atoms with van der Waals surface area (Å²) in [6.45, 7) is 1.73. The monoisotopic (exact) mass is 387 g/mol. The third kappa shape index (κ3) is 4.73. The van der Waals surface area contributed by atoms with E-state index in [0.29, 0.717) is 22.6 Å². The van der Waals surface area contributed by atoms with Crippen molar-refractivity contribution in [2.45, 2.75) is 6.92 Å². The van der Waals surface area contributed by atoms with Crippen molar-refractivity contribution in [2.24, 2.45) is 0 Å². The third-order valence-electron chi connectivity index (χ3n) is 3.92. The Labute approximate surface area is 167 Å². The van der Waals surface area contributed by atoms with Crippen molar-refractivity contribution in [1.29, 1.82) is 5.26 Å². The molecule has 0 aliphatic heterocycles. The number of ether oxygens (including phenoxy) is 1. The first-order valence-corrected chi connectivity index (χ1v) is 8.61. The Morgan fingerprint density at radius 2 is 1.86 bits per heavy atom. The first-order chi connectivity index (χ1) is 14.0. The van der Waals surface area contributed by atoms with E-state index in [0.717, 1.165) is 0 Å². The zero-order chi connectivity index (χ0) is 20.8. The van der Waals surface area contributed by atoms with E-state index >= 15 is 0 Å². The van der Waals surface area contributed by atoms with Crippen molar-refractivity contribution in [3.63, 3.8) is 0 Å². The van der Waals surface area contributed by atoms with Gasteiger partial charge in [-0.05, 0) is 43.3 Å². The maximum absolute atomic E-state index is 12.7. The summed E-state index contributed by atoms with van der Waals surface area (Å²) in [5.41, 5.74) is 2.36. The number of rotatable bonds is 5. The highest BCUT2D eigenvalue weighted by Crippen LogP contribution is 2.19. The van der Waals surface area contributed by atoms with E-state index < -0.39 is 11.9 Å². The van der Waals surface area contributed by atoms with Crippen molar-refractivity contribution in [3.8, 4) is 6.07 Å². The van der Waals surface area contributed by atoms with E-state index in [1.165, 1.54) is 13.2 Å². The van der Waals surface area contributed by atoms with E-state index in [1.807, 2.05) is 0 Å². The summed E-state index contributed by atoms with van der Waals surface area (Å²) in [6.07, 6.45) is 0. The fraction of sp³-hybridized carbons (Fsp3) is 0.0952. The smallest absolute Gasteiger partial charge is 0.339 e. The summed E-state index contributed by atoms with van der Waals surface area (Å²) in [7, 11) is 1.27. The largest absolute Gasteiger partial charge is 0.465 e. The van der Waals surface area contributed by atoms with Crippen molar-refractivity contribution in [2.75, 3.05) is 17.7 Å². The van der Waals surface area contributed by atoms with E-state index in [9.17, 15) is 9.59 Å². The van der Waals surface area contributed by atoms with Crippen LogP contribution in [-0.4, -0.2) is 29.0 Å². The number of aromatic nitrogens is 2. The number of carbonyl (C=O) groups is 2. The van der Waals surface area contributed by atoms with E-state index in [1.54, 1.807) is 55.5 Å². The number of amides is 1. The first-order valence-electron chi connectivity index (χ1n) is 8.61. The fourth-order valence-electron chi connectivity index (χ4n) is 2.60. The molecule has 0 bridgehead atoms. The lowest BCUT2D eigenvalue weighted by Gasteiger charge is -2.11. The molecule has 2 N–H and O–H groups in total. The number of nitriles is 1. The number of aryl methyl sites for hydroxylation is 1. The molecule has 144 valence electrons. The molecule has 0 saturated carbocycles. The number of hydrogen-bond acceptors (Lipinski definition) is 7. The molecule has 3 aromatic rings. The summed E-state index contributed by atoms with van der Waals surface area (Å²) in [6, 6.07) is 16.9. The molecule has 0 aliphatic rings. The van der Waals surface area contributed by atoms with E-state index in [-0.39, 0.29) is 17.2 Å². The second kappa shape index (κ2) is 8.63. The van der Waals surface area contributed by atoms with Crippen molar-refractivity contribution in [1.82, 2.24) is 9.97 Å². The van der Waals surface area contributed by atoms with Crippen LogP contribution in [0.5, 0.6) is 0 Å². The quantitative estimate of drug-likeness (QED) is 0.644. The van der Waals surface area contributed by atoms with E-state index in [2.05, 4.69) is 26.7 Å². The van der Waals surface area contributed by atoms with Gasteiger partial charge in [0.1, 0.15) is 5.69 Å². The zero-order valence-corrected chi connectivity index (χ0v) is 15.8. The first kappa shape index (κ1) is 19.5. The average Bonchev–Trinajstić information content (AvgIpc) is 2.73. The molecule has 0 spiro atoms. The standard InChI is InChI=1S/C21H17N5O3/c1-13-10-18(19(27)25-17-9-4-3-8-16(17)20(28)29-2)26-21(23-13)24-15-7-5-6-14(11-15)12-22/h3-11H,1-2H3,(H,25,27)(H,23,24,26). The van der Waals surface area contributed by atoms with Gasteiger partial charge in [-0.2, -0.15) is 5.26 Å². The van der Waals surface area contributed by atoms with Crippen LogP contribution in [-0.2, 0) is 4.74 Å². The zero-order valence-electron chi connectivity index (χ0n) is 15.8. The Bertz CT molecular complexity index is 1120. The molecule has 0 fully saturated rings. The van der Waals surface area contributed by atoms with Crippen LogP contribution in [0.4, 0.5) is 17.3 Å².